The summed E-state index contributed by atoms with van der Waals surface area (Å²) in [5.74, 6) is 0.418. The smallest absolute Gasteiger partial charge is 0.243 e. The third-order valence-corrected chi connectivity index (χ3v) is 10.6. The Morgan fingerprint density at radius 3 is 2.42 bits per heavy atom. The molecule has 1 aromatic heterocycles. The fourth-order valence-electron chi connectivity index (χ4n) is 4.37. The van der Waals surface area contributed by atoms with Crippen molar-refractivity contribution in [2.75, 3.05) is 19.7 Å². The molecule has 0 aliphatic carbocycles. The summed E-state index contributed by atoms with van der Waals surface area (Å²) < 4.78 is 37.2. The molecule has 33 heavy (non-hydrogen) atoms. The van der Waals surface area contributed by atoms with Crippen molar-refractivity contribution < 1.29 is 13.2 Å². The van der Waals surface area contributed by atoms with Crippen molar-refractivity contribution in [1.82, 2.24) is 8.87 Å². The van der Waals surface area contributed by atoms with Gasteiger partial charge in [-0.15, -0.1) is 0 Å². The summed E-state index contributed by atoms with van der Waals surface area (Å²) in [4.78, 5) is 0.345. The molecule has 0 atom stereocenters. The van der Waals surface area contributed by atoms with Gasteiger partial charge in [0.05, 0.1) is 10.4 Å². The topological polar surface area (TPSA) is 51.5 Å². The van der Waals surface area contributed by atoms with Crippen molar-refractivity contribution in [3.63, 3.8) is 0 Å². The Labute approximate surface area is 206 Å². The van der Waals surface area contributed by atoms with Crippen LogP contribution in [0, 0.1) is 0 Å². The normalized spacial score (nSPS) is 16.5. The number of sulfonamides is 1. The predicted octanol–water partition coefficient (Wildman–Crippen LogP) is 6.28. The Morgan fingerprint density at radius 2 is 1.76 bits per heavy atom. The zero-order chi connectivity index (χ0) is 23.6. The Kier molecular flexibility index (Phi) is 7.50. The molecular weight excluding hydrogens is 516 g/mol. The van der Waals surface area contributed by atoms with Crippen molar-refractivity contribution in [3.8, 4) is 0 Å². The van der Waals surface area contributed by atoms with Gasteiger partial charge in [-0.1, -0.05) is 50.0 Å². The second-order valence-electron chi connectivity index (χ2n) is 10.1. The summed E-state index contributed by atoms with van der Waals surface area (Å²) in [6.45, 7) is 9.31. The molecule has 0 bridgehead atoms. The maximum Gasteiger partial charge on any atom is 0.243 e. The van der Waals surface area contributed by atoms with Gasteiger partial charge < -0.3 is 9.30 Å². The van der Waals surface area contributed by atoms with Gasteiger partial charge >= 0.3 is 0 Å². The van der Waals surface area contributed by atoms with E-state index in [4.69, 9.17) is 4.74 Å². The number of benzene rings is 2. The van der Waals surface area contributed by atoms with Crippen molar-refractivity contribution in [3.05, 3.63) is 64.8 Å². The SMILES string of the molecule is C[Si](C)(C)CCOCn1ccc2cc(S(=O)(=O)N3CCC(c4ccccc4)CC3)cc(Br)c21. The monoisotopic (exact) mass is 548 g/mol. The van der Waals surface area contributed by atoms with E-state index in [1.807, 2.05) is 22.9 Å². The minimum absolute atomic E-state index is 0.345. The highest BCUT2D eigenvalue weighted by atomic mass is 79.9. The van der Waals surface area contributed by atoms with Gasteiger partial charge in [-0.2, -0.15) is 4.31 Å². The summed E-state index contributed by atoms with van der Waals surface area (Å²) in [5.41, 5.74) is 2.26. The summed E-state index contributed by atoms with van der Waals surface area (Å²) in [7, 11) is -4.67. The standard InChI is InChI=1S/C25H33BrN2O3SSi/c1-33(2,3)16-15-31-19-27-12-9-22-17-23(18-24(26)25(22)27)32(29,30)28-13-10-21(11-14-28)20-7-5-4-6-8-20/h4-9,12,17-18,21H,10-11,13-16,19H2,1-3H3. The first-order valence-electron chi connectivity index (χ1n) is 11.6. The van der Waals surface area contributed by atoms with Crippen LogP contribution >= 0.6 is 15.9 Å². The number of rotatable bonds is 8. The second kappa shape index (κ2) is 10.0. The number of hydrogen-bond acceptors (Lipinski definition) is 3. The fraction of sp³-hybridized carbons (Fsp3) is 0.440. The van der Waals surface area contributed by atoms with Gasteiger partial charge in [0.2, 0.25) is 10.0 Å². The lowest BCUT2D eigenvalue weighted by molar-refractivity contribution is 0.0902. The molecule has 1 aliphatic rings. The molecule has 0 saturated carbocycles. The Hall–Kier alpha value is -1.45. The number of nitrogens with zero attached hydrogens (tertiary/aromatic N) is 2. The highest BCUT2D eigenvalue weighted by Gasteiger charge is 2.30. The molecule has 2 aromatic carbocycles. The van der Waals surface area contributed by atoms with Crippen molar-refractivity contribution in [1.29, 1.82) is 0 Å². The molecule has 1 saturated heterocycles. The van der Waals surface area contributed by atoms with Crippen LogP contribution in [0.4, 0.5) is 0 Å². The van der Waals surface area contributed by atoms with E-state index in [0.29, 0.717) is 30.6 Å². The largest absolute Gasteiger partial charge is 0.361 e. The lowest BCUT2D eigenvalue weighted by Crippen LogP contribution is -2.37. The van der Waals surface area contributed by atoms with E-state index >= 15 is 0 Å². The van der Waals surface area contributed by atoms with Gasteiger partial charge in [-0.3, -0.25) is 0 Å². The molecule has 0 spiro atoms. The minimum Gasteiger partial charge on any atom is -0.361 e. The van der Waals surface area contributed by atoms with Gasteiger partial charge in [-0.25, -0.2) is 8.42 Å². The predicted molar refractivity (Wildman–Crippen MR) is 141 cm³/mol. The quantitative estimate of drug-likeness (QED) is 0.245. The van der Waals surface area contributed by atoms with Gasteiger partial charge in [0, 0.05) is 43.8 Å². The molecule has 0 unspecified atom stereocenters. The molecule has 0 radical (unpaired) electrons. The van der Waals surface area contributed by atoms with Gasteiger partial charge in [0.15, 0.2) is 0 Å². The molecule has 2 heterocycles. The molecule has 8 heteroatoms. The van der Waals surface area contributed by atoms with Crippen LogP contribution in [0.1, 0.15) is 24.3 Å². The Bertz CT molecular complexity index is 1200. The second-order valence-corrected chi connectivity index (χ2v) is 18.5. The van der Waals surface area contributed by atoms with E-state index in [9.17, 15) is 8.42 Å². The van der Waals surface area contributed by atoms with Crippen LogP contribution in [0.15, 0.2) is 64.1 Å². The number of fused-ring (bicyclic) bond motifs is 1. The molecule has 5 nitrogen and oxygen atoms in total. The van der Waals surface area contributed by atoms with E-state index in [-0.39, 0.29) is 0 Å². The van der Waals surface area contributed by atoms with Crippen molar-refractivity contribution >= 4 is 44.9 Å². The fourth-order valence-corrected chi connectivity index (χ4v) is 7.51. The lowest BCUT2D eigenvalue weighted by atomic mass is 9.90. The molecule has 1 fully saturated rings. The van der Waals surface area contributed by atoms with Crippen LogP contribution in [0.5, 0.6) is 0 Å². The third-order valence-electron chi connectivity index (χ3n) is 6.38. The molecule has 1 aliphatic heterocycles. The van der Waals surface area contributed by atoms with E-state index in [0.717, 1.165) is 40.9 Å². The molecular formula is C25H33BrN2O3SSi. The summed E-state index contributed by atoms with van der Waals surface area (Å²) in [5, 5.41) is 0.899. The lowest BCUT2D eigenvalue weighted by Gasteiger charge is -2.31. The number of hydrogen-bond donors (Lipinski definition) is 0. The minimum atomic E-state index is -3.54. The highest BCUT2D eigenvalue weighted by Crippen LogP contribution is 2.34. The first kappa shape index (κ1) is 24.7. The molecule has 0 amide bonds. The van der Waals surface area contributed by atoms with Crippen LogP contribution in [0.2, 0.25) is 25.7 Å². The number of aromatic nitrogens is 1. The van der Waals surface area contributed by atoms with Crippen LogP contribution in [0.25, 0.3) is 10.9 Å². The Balaban J connectivity index is 1.47. The van der Waals surface area contributed by atoms with Crippen molar-refractivity contribution in [2.24, 2.45) is 0 Å². The van der Waals surface area contributed by atoms with E-state index in [1.54, 1.807) is 16.4 Å². The van der Waals surface area contributed by atoms with Gasteiger partial charge in [-0.05, 0) is 64.5 Å². The average molecular weight is 550 g/mol. The van der Waals surface area contributed by atoms with Gasteiger partial charge in [0.25, 0.3) is 0 Å². The molecule has 0 N–H and O–H groups in total. The molecule has 3 aromatic rings. The molecule has 4 rings (SSSR count). The van der Waals surface area contributed by atoms with Crippen LogP contribution in [0.3, 0.4) is 0 Å². The summed E-state index contributed by atoms with van der Waals surface area (Å²) in [6, 6.07) is 17.0. The first-order chi connectivity index (χ1) is 15.6. The van der Waals surface area contributed by atoms with E-state index in [2.05, 4.69) is 59.8 Å². The van der Waals surface area contributed by atoms with Crippen LogP contribution < -0.4 is 0 Å². The summed E-state index contributed by atoms with van der Waals surface area (Å²) in [6.07, 6.45) is 3.65. The Morgan fingerprint density at radius 1 is 1.06 bits per heavy atom. The first-order valence-corrected chi connectivity index (χ1v) is 17.5. The van der Waals surface area contributed by atoms with Crippen LogP contribution in [-0.2, 0) is 21.5 Å². The average Bonchev–Trinajstić information content (AvgIpc) is 3.20. The number of piperidine rings is 1. The number of halogens is 1. The third kappa shape index (κ3) is 5.79. The highest BCUT2D eigenvalue weighted by molar-refractivity contribution is 9.10. The van der Waals surface area contributed by atoms with Crippen molar-refractivity contribution in [2.45, 2.75) is 56.1 Å². The van der Waals surface area contributed by atoms with Crippen LogP contribution in [-0.4, -0.2) is 45.1 Å². The zero-order valence-electron chi connectivity index (χ0n) is 19.6. The van der Waals surface area contributed by atoms with Gasteiger partial charge in [0.1, 0.15) is 6.73 Å². The number of ether oxygens (including phenoxy) is 1. The van der Waals surface area contributed by atoms with E-state index < -0.39 is 18.1 Å². The summed E-state index contributed by atoms with van der Waals surface area (Å²) >= 11 is 3.62. The van der Waals surface area contributed by atoms with E-state index in [1.165, 1.54) is 5.56 Å². The maximum absolute atomic E-state index is 13.4. The molecule has 178 valence electrons. The maximum atomic E-state index is 13.4. The zero-order valence-corrected chi connectivity index (χ0v) is 23.0.